The summed E-state index contributed by atoms with van der Waals surface area (Å²) in [5.74, 6) is -0.473. The van der Waals surface area contributed by atoms with E-state index in [-0.39, 0.29) is 18.3 Å². The average molecular weight is 220 g/mol. The van der Waals surface area contributed by atoms with Crippen molar-refractivity contribution in [2.24, 2.45) is 17.8 Å². The lowest BCUT2D eigenvalue weighted by molar-refractivity contribution is -0.283. The van der Waals surface area contributed by atoms with Crippen LogP contribution in [0.4, 0.5) is 13.2 Å². The maximum Gasteiger partial charge on any atom is 0.417 e. The van der Waals surface area contributed by atoms with Gasteiger partial charge in [0.1, 0.15) is 0 Å². The van der Waals surface area contributed by atoms with Gasteiger partial charge in [0.15, 0.2) is 5.60 Å². The first-order valence-corrected chi connectivity index (χ1v) is 5.36. The van der Waals surface area contributed by atoms with Gasteiger partial charge in [-0.25, -0.2) is 0 Å². The van der Waals surface area contributed by atoms with E-state index in [0.29, 0.717) is 6.42 Å². The van der Waals surface area contributed by atoms with E-state index in [1.165, 1.54) is 6.92 Å². The van der Waals surface area contributed by atoms with E-state index >= 15 is 0 Å². The van der Waals surface area contributed by atoms with Crippen LogP contribution in [0.3, 0.4) is 0 Å². The van der Waals surface area contributed by atoms with Crippen molar-refractivity contribution in [2.45, 2.75) is 38.0 Å². The second kappa shape index (κ2) is 3.24. The van der Waals surface area contributed by atoms with Crippen LogP contribution in [-0.4, -0.2) is 16.9 Å². The fraction of sp³-hybridized carbons (Fsp3) is 0.818. The van der Waals surface area contributed by atoms with Crippen molar-refractivity contribution in [2.75, 3.05) is 0 Å². The van der Waals surface area contributed by atoms with E-state index in [9.17, 15) is 18.3 Å². The second-order valence-electron chi connectivity index (χ2n) is 4.66. The van der Waals surface area contributed by atoms with Crippen molar-refractivity contribution in [1.29, 1.82) is 0 Å². The Kier molecular flexibility index (Phi) is 2.37. The van der Waals surface area contributed by atoms with Gasteiger partial charge in [0.2, 0.25) is 0 Å². The third kappa shape index (κ3) is 1.50. The molecule has 4 heteroatoms. The van der Waals surface area contributed by atoms with Gasteiger partial charge >= 0.3 is 6.18 Å². The van der Waals surface area contributed by atoms with Gasteiger partial charge in [-0.05, 0) is 31.1 Å². The van der Waals surface area contributed by atoms with Crippen LogP contribution in [0.5, 0.6) is 0 Å². The molecule has 86 valence electrons. The predicted octanol–water partition coefficient (Wildman–Crippen LogP) is 2.90. The van der Waals surface area contributed by atoms with E-state index < -0.39 is 17.7 Å². The van der Waals surface area contributed by atoms with Gasteiger partial charge < -0.3 is 5.11 Å². The van der Waals surface area contributed by atoms with E-state index in [1.54, 1.807) is 0 Å². The third-order valence-corrected chi connectivity index (χ3v) is 3.92. The Bertz CT molecular complexity index is 284. The highest BCUT2D eigenvalue weighted by molar-refractivity contribution is 5.15. The van der Waals surface area contributed by atoms with E-state index in [4.69, 9.17) is 0 Å². The van der Waals surface area contributed by atoms with E-state index in [1.807, 2.05) is 12.2 Å². The lowest BCUT2D eigenvalue weighted by Crippen LogP contribution is -2.52. The average Bonchev–Trinajstić information content (AvgIpc) is 2.75. The topological polar surface area (TPSA) is 20.2 Å². The van der Waals surface area contributed by atoms with Gasteiger partial charge in [0, 0.05) is 5.92 Å². The summed E-state index contributed by atoms with van der Waals surface area (Å²) in [6, 6.07) is 0. The van der Waals surface area contributed by atoms with Crippen molar-refractivity contribution < 1.29 is 18.3 Å². The Morgan fingerprint density at radius 3 is 2.27 bits per heavy atom. The minimum absolute atomic E-state index is 0.0819. The summed E-state index contributed by atoms with van der Waals surface area (Å²) in [6.07, 6.45) is 0.315. The number of aliphatic hydroxyl groups is 1. The normalized spacial score (nSPS) is 38.3. The summed E-state index contributed by atoms with van der Waals surface area (Å²) in [5, 5.41) is 9.82. The molecule has 0 heterocycles. The SMILES string of the molecule is CCC(O)(C1CC2C=CC1C2)C(F)(F)F. The lowest BCUT2D eigenvalue weighted by atomic mass is 9.76. The zero-order chi connectivity index (χ0) is 11.3. The smallest absolute Gasteiger partial charge is 0.380 e. The molecule has 0 saturated heterocycles. The molecular weight excluding hydrogens is 205 g/mol. The number of rotatable bonds is 2. The number of hydrogen-bond donors (Lipinski definition) is 1. The quantitative estimate of drug-likeness (QED) is 0.709. The molecule has 0 aliphatic heterocycles. The summed E-state index contributed by atoms with van der Waals surface area (Å²) in [5.41, 5.74) is -2.49. The number of alkyl halides is 3. The van der Waals surface area contributed by atoms with Gasteiger partial charge in [0.25, 0.3) is 0 Å². The highest BCUT2D eigenvalue weighted by Gasteiger charge is 2.60. The molecule has 1 saturated carbocycles. The molecule has 0 aromatic rings. The molecule has 2 rings (SSSR count). The van der Waals surface area contributed by atoms with Crippen LogP contribution < -0.4 is 0 Å². The van der Waals surface area contributed by atoms with Crippen molar-refractivity contribution in [3.63, 3.8) is 0 Å². The third-order valence-electron chi connectivity index (χ3n) is 3.92. The molecule has 1 N–H and O–H groups in total. The number of fused-ring (bicyclic) bond motifs is 2. The number of hydrogen-bond acceptors (Lipinski definition) is 1. The fourth-order valence-electron chi connectivity index (χ4n) is 3.00. The van der Waals surface area contributed by atoms with Crippen LogP contribution in [-0.2, 0) is 0 Å². The largest absolute Gasteiger partial charge is 0.417 e. The Morgan fingerprint density at radius 2 is 1.93 bits per heavy atom. The summed E-state index contributed by atoms with van der Waals surface area (Å²) < 4.78 is 38.4. The maximum absolute atomic E-state index is 12.8. The second-order valence-corrected chi connectivity index (χ2v) is 4.66. The van der Waals surface area contributed by atoms with Gasteiger partial charge in [-0.2, -0.15) is 13.2 Å². The summed E-state index contributed by atoms with van der Waals surface area (Å²) in [7, 11) is 0. The Morgan fingerprint density at radius 1 is 1.27 bits per heavy atom. The standard InChI is InChI=1S/C11H15F3O/c1-2-10(15,11(12,13)14)9-6-7-3-4-8(9)5-7/h3-4,7-9,15H,2,5-6H2,1H3. The first-order chi connectivity index (χ1) is 6.88. The Labute approximate surface area is 87.0 Å². The van der Waals surface area contributed by atoms with Crippen LogP contribution in [0.15, 0.2) is 12.2 Å². The summed E-state index contributed by atoms with van der Waals surface area (Å²) in [6.45, 7) is 1.41. The monoisotopic (exact) mass is 220 g/mol. The van der Waals surface area contributed by atoms with Gasteiger partial charge in [-0.15, -0.1) is 0 Å². The van der Waals surface area contributed by atoms with Crippen LogP contribution in [0.25, 0.3) is 0 Å². The molecule has 0 aromatic carbocycles. The molecule has 4 unspecified atom stereocenters. The molecule has 4 atom stereocenters. The van der Waals surface area contributed by atoms with Crippen LogP contribution in [0.1, 0.15) is 26.2 Å². The Hall–Kier alpha value is -0.510. The predicted molar refractivity (Wildman–Crippen MR) is 50.1 cm³/mol. The minimum atomic E-state index is -4.51. The molecule has 0 amide bonds. The van der Waals surface area contributed by atoms with Crippen LogP contribution in [0.2, 0.25) is 0 Å². The molecule has 2 aliphatic carbocycles. The van der Waals surface area contributed by atoms with Crippen molar-refractivity contribution in [3.8, 4) is 0 Å². The minimum Gasteiger partial charge on any atom is -0.380 e. The van der Waals surface area contributed by atoms with Gasteiger partial charge in [-0.1, -0.05) is 19.1 Å². The van der Waals surface area contributed by atoms with Crippen LogP contribution in [0, 0.1) is 17.8 Å². The highest BCUT2D eigenvalue weighted by atomic mass is 19.4. The molecule has 2 aliphatic rings. The molecule has 0 spiro atoms. The summed E-state index contributed by atoms with van der Waals surface area (Å²) in [4.78, 5) is 0. The summed E-state index contributed by atoms with van der Waals surface area (Å²) >= 11 is 0. The molecule has 1 fully saturated rings. The Balaban J connectivity index is 2.24. The van der Waals surface area contributed by atoms with Crippen molar-refractivity contribution in [3.05, 3.63) is 12.2 Å². The first kappa shape index (κ1) is 11.0. The highest BCUT2D eigenvalue weighted by Crippen LogP contribution is 2.53. The molecule has 15 heavy (non-hydrogen) atoms. The van der Waals surface area contributed by atoms with Gasteiger partial charge in [-0.3, -0.25) is 0 Å². The molecule has 0 aromatic heterocycles. The number of halogens is 3. The zero-order valence-electron chi connectivity index (χ0n) is 8.59. The maximum atomic E-state index is 12.8. The van der Waals surface area contributed by atoms with E-state index in [0.717, 1.165) is 6.42 Å². The van der Waals surface area contributed by atoms with E-state index in [2.05, 4.69) is 0 Å². The molecule has 2 bridgehead atoms. The fourth-order valence-corrected chi connectivity index (χ4v) is 3.00. The van der Waals surface area contributed by atoms with Crippen molar-refractivity contribution in [1.82, 2.24) is 0 Å². The van der Waals surface area contributed by atoms with Gasteiger partial charge in [0.05, 0.1) is 0 Å². The molecular formula is C11H15F3O. The molecule has 0 radical (unpaired) electrons. The number of allylic oxidation sites excluding steroid dienone is 2. The van der Waals surface area contributed by atoms with Crippen molar-refractivity contribution >= 4 is 0 Å². The van der Waals surface area contributed by atoms with Crippen LogP contribution >= 0.6 is 0 Å². The zero-order valence-corrected chi connectivity index (χ0v) is 8.59. The molecule has 1 nitrogen and oxygen atoms in total. The lowest BCUT2D eigenvalue weighted by Gasteiger charge is -2.38. The first-order valence-electron chi connectivity index (χ1n) is 5.36.